The lowest BCUT2D eigenvalue weighted by atomic mass is 9.63. The van der Waals surface area contributed by atoms with Crippen molar-refractivity contribution in [2.75, 3.05) is 20.6 Å². The zero-order valence-corrected chi connectivity index (χ0v) is 21.4. The molecule has 3 aromatic carbocycles. The first-order chi connectivity index (χ1) is 17.9. The number of carbonyl (C=O) groups excluding carboxylic acids is 1. The van der Waals surface area contributed by atoms with Crippen LogP contribution in [0.5, 0.6) is 0 Å². The van der Waals surface area contributed by atoms with Crippen LogP contribution in [-0.4, -0.2) is 41.9 Å². The van der Waals surface area contributed by atoms with Crippen LogP contribution in [0.4, 0.5) is 8.78 Å². The number of carbonyl (C=O) groups is 1. The number of hydrogen-bond donors (Lipinski definition) is 0. The molecule has 0 unspecified atom stereocenters. The zero-order chi connectivity index (χ0) is 25.8. The van der Waals surface area contributed by atoms with Gasteiger partial charge < -0.3 is 4.90 Å². The maximum atomic E-state index is 14.8. The molecule has 1 spiro atoms. The molecule has 6 rings (SSSR count). The fourth-order valence-electron chi connectivity index (χ4n) is 7.28. The van der Waals surface area contributed by atoms with Crippen LogP contribution in [0.15, 0.2) is 78.4 Å². The van der Waals surface area contributed by atoms with Gasteiger partial charge in [-0.3, -0.25) is 9.69 Å². The van der Waals surface area contributed by atoms with Crippen molar-refractivity contribution in [3.05, 3.63) is 112 Å². The van der Waals surface area contributed by atoms with E-state index in [0.717, 1.165) is 32.1 Å². The van der Waals surface area contributed by atoms with Crippen molar-refractivity contribution in [1.82, 2.24) is 9.80 Å². The lowest BCUT2D eigenvalue weighted by Crippen LogP contribution is -2.60. The van der Waals surface area contributed by atoms with E-state index in [9.17, 15) is 13.6 Å². The zero-order valence-electron chi connectivity index (χ0n) is 21.4. The van der Waals surface area contributed by atoms with E-state index in [-0.39, 0.29) is 5.54 Å². The minimum atomic E-state index is -0.794. The molecular weight excluding hydrogens is 466 g/mol. The third-order valence-electron chi connectivity index (χ3n) is 9.23. The third kappa shape index (κ3) is 3.58. The van der Waals surface area contributed by atoms with Crippen LogP contribution < -0.4 is 0 Å². The second-order valence-electron chi connectivity index (χ2n) is 10.9. The fraction of sp³-hybridized carbons (Fsp3) is 0.344. The summed E-state index contributed by atoms with van der Waals surface area (Å²) < 4.78 is 29.7. The first kappa shape index (κ1) is 24.1. The van der Waals surface area contributed by atoms with Gasteiger partial charge in [-0.2, -0.15) is 0 Å². The van der Waals surface area contributed by atoms with Crippen molar-refractivity contribution in [2.45, 2.75) is 49.6 Å². The van der Waals surface area contributed by atoms with Crippen LogP contribution in [0.3, 0.4) is 0 Å². The Morgan fingerprint density at radius 2 is 1.49 bits per heavy atom. The van der Waals surface area contributed by atoms with Crippen molar-refractivity contribution in [3.63, 3.8) is 0 Å². The summed E-state index contributed by atoms with van der Waals surface area (Å²) in [6.07, 6.45) is 4.67. The van der Waals surface area contributed by atoms with E-state index in [0.29, 0.717) is 13.0 Å². The van der Waals surface area contributed by atoms with Crippen molar-refractivity contribution in [1.29, 1.82) is 0 Å². The average Bonchev–Trinajstić information content (AvgIpc) is 3.30. The van der Waals surface area contributed by atoms with Crippen LogP contribution in [0, 0.1) is 11.6 Å². The van der Waals surface area contributed by atoms with Crippen molar-refractivity contribution >= 4 is 11.5 Å². The van der Waals surface area contributed by atoms with E-state index in [1.165, 1.54) is 46.0 Å². The Hall–Kier alpha value is -3.31. The third-order valence-corrected chi connectivity index (χ3v) is 9.23. The van der Waals surface area contributed by atoms with E-state index in [1.807, 2.05) is 11.0 Å². The highest BCUT2D eigenvalue weighted by molar-refractivity contribution is 5.97. The second-order valence-corrected chi connectivity index (χ2v) is 10.9. The number of halogens is 2. The molecule has 1 amide bonds. The number of benzene rings is 3. The summed E-state index contributed by atoms with van der Waals surface area (Å²) in [5, 5.41) is 0. The summed E-state index contributed by atoms with van der Waals surface area (Å²) in [5.74, 6) is -2.12. The molecule has 0 atom stereocenters. The monoisotopic (exact) mass is 498 g/mol. The summed E-state index contributed by atoms with van der Waals surface area (Å²) in [5.41, 5.74) is 5.26. The van der Waals surface area contributed by atoms with Crippen LogP contribution in [0.25, 0.3) is 5.57 Å². The quantitative estimate of drug-likeness (QED) is 0.407. The molecule has 1 saturated carbocycles. The minimum absolute atomic E-state index is 0.159. The molecule has 3 aromatic rings. The lowest BCUT2D eigenvalue weighted by molar-refractivity contribution is 0.00675. The molecule has 2 aliphatic carbocycles. The van der Waals surface area contributed by atoms with E-state index < -0.39 is 28.6 Å². The molecule has 0 N–H and O–H groups in total. The molecule has 1 aliphatic heterocycles. The number of hydrogen-bond acceptors (Lipinski definition) is 2. The summed E-state index contributed by atoms with van der Waals surface area (Å²) in [6.45, 7) is 0.458. The molecule has 0 aromatic heterocycles. The molecule has 190 valence electrons. The first-order valence-electron chi connectivity index (χ1n) is 13.2. The number of amides is 1. The predicted molar refractivity (Wildman–Crippen MR) is 142 cm³/mol. The number of fused-ring (bicyclic) bond motifs is 3. The summed E-state index contributed by atoms with van der Waals surface area (Å²) in [7, 11) is 4.25. The van der Waals surface area contributed by atoms with Gasteiger partial charge >= 0.3 is 0 Å². The summed E-state index contributed by atoms with van der Waals surface area (Å²) >= 11 is 0. The van der Waals surface area contributed by atoms with E-state index in [1.54, 1.807) is 0 Å². The molecular formula is C32H32F2N2O. The minimum Gasteiger partial charge on any atom is -0.329 e. The van der Waals surface area contributed by atoms with Crippen LogP contribution >= 0.6 is 0 Å². The van der Waals surface area contributed by atoms with Crippen molar-refractivity contribution in [3.8, 4) is 0 Å². The second kappa shape index (κ2) is 8.91. The van der Waals surface area contributed by atoms with Gasteiger partial charge in [0.05, 0.1) is 5.54 Å². The van der Waals surface area contributed by atoms with Crippen LogP contribution in [0.2, 0.25) is 0 Å². The Bertz CT molecular complexity index is 1370. The highest BCUT2D eigenvalue weighted by Crippen LogP contribution is 2.55. The van der Waals surface area contributed by atoms with Gasteiger partial charge in [-0.05, 0) is 92.6 Å². The summed E-state index contributed by atoms with van der Waals surface area (Å²) in [6, 6.07) is 22.7. The Kier molecular flexibility index (Phi) is 5.79. The largest absolute Gasteiger partial charge is 0.329 e. The maximum absolute atomic E-state index is 14.8. The summed E-state index contributed by atoms with van der Waals surface area (Å²) in [4.78, 5) is 18.1. The maximum Gasteiger partial charge on any atom is 0.260 e. The highest BCUT2D eigenvalue weighted by atomic mass is 19.1. The van der Waals surface area contributed by atoms with E-state index in [2.05, 4.69) is 67.5 Å². The molecule has 0 radical (unpaired) electrons. The Morgan fingerprint density at radius 3 is 2.16 bits per heavy atom. The van der Waals surface area contributed by atoms with Gasteiger partial charge in [0.15, 0.2) is 0 Å². The van der Waals surface area contributed by atoms with Crippen molar-refractivity contribution in [2.24, 2.45) is 0 Å². The van der Waals surface area contributed by atoms with Gasteiger partial charge in [0, 0.05) is 12.1 Å². The van der Waals surface area contributed by atoms with Crippen LogP contribution in [-0.2, 0) is 12.0 Å². The molecule has 5 heteroatoms. The lowest BCUT2D eigenvalue weighted by Gasteiger charge is -2.56. The normalized spacial score (nSPS) is 24.9. The Morgan fingerprint density at radius 1 is 0.838 bits per heavy atom. The van der Waals surface area contributed by atoms with E-state index in [4.69, 9.17) is 0 Å². The predicted octanol–water partition coefficient (Wildman–Crippen LogP) is 6.59. The van der Waals surface area contributed by atoms with Gasteiger partial charge in [0.25, 0.3) is 5.91 Å². The molecule has 37 heavy (non-hydrogen) atoms. The van der Waals surface area contributed by atoms with Gasteiger partial charge in [-0.15, -0.1) is 0 Å². The smallest absolute Gasteiger partial charge is 0.260 e. The SMILES string of the molecule is CN(C)C1(c2ccccc2)CCC2(CC1)C1=C(CCN2C(=O)c2c(F)cccc2F)c2ccccc2C1. The van der Waals surface area contributed by atoms with Crippen molar-refractivity contribution < 1.29 is 13.6 Å². The Balaban J connectivity index is 1.46. The molecule has 0 bridgehead atoms. The average molecular weight is 499 g/mol. The molecule has 0 saturated heterocycles. The van der Waals surface area contributed by atoms with Gasteiger partial charge in [-0.1, -0.05) is 60.7 Å². The standard InChI is InChI=1S/C32H32F2N2O/c1-35(2)31(23-10-4-3-5-11-23)16-18-32(19-17-31)26-21-22-9-6-7-12-24(22)25(26)15-20-36(32)30(37)29-27(33)13-8-14-28(29)34/h3-14H,15-21H2,1-2H3. The topological polar surface area (TPSA) is 23.6 Å². The van der Waals surface area contributed by atoms with Gasteiger partial charge in [-0.25, -0.2) is 8.78 Å². The molecule has 1 fully saturated rings. The molecule has 3 aliphatic rings. The fourth-order valence-corrected chi connectivity index (χ4v) is 7.28. The molecule has 1 heterocycles. The Labute approximate surface area is 217 Å². The van der Waals surface area contributed by atoms with Gasteiger partial charge in [0.1, 0.15) is 17.2 Å². The van der Waals surface area contributed by atoms with E-state index >= 15 is 0 Å². The number of rotatable bonds is 3. The first-order valence-corrected chi connectivity index (χ1v) is 13.2. The highest BCUT2D eigenvalue weighted by Gasteiger charge is 2.54. The molecule has 3 nitrogen and oxygen atoms in total. The number of nitrogens with zero attached hydrogens (tertiary/aromatic N) is 2. The van der Waals surface area contributed by atoms with Gasteiger partial charge in [0.2, 0.25) is 0 Å². The van der Waals surface area contributed by atoms with Crippen LogP contribution in [0.1, 0.15) is 59.2 Å².